The van der Waals surface area contributed by atoms with Crippen LogP contribution in [0.4, 0.5) is 8.78 Å². The van der Waals surface area contributed by atoms with E-state index in [9.17, 15) is 13.9 Å². The van der Waals surface area contributed by atoms with Crippen molar-refractivity contribution in [2.45, 2.75) is 13.0 Å². The number of nitrogens with two attached hydrogens (primary N) is 1. The maximum absolute atomic E-state index is 12.6. The largest absolute Gasteiger partial charge is 0.507 e. The lowest BCUT2D eigenvalue weighted by Crippen LogP contribution is -1.95. The van der Waals surface area contributed by atoms with Crippen LogP contribution in [0.2, 0.25) is 0 Å². The van der Waals surface area contributed by atoms with E-state index in [1.54, 1.807) is 0 Å². The number of benzene rings is 1. The molecule has 0 bridgehead atoms. The third-order valence-corrected chi connectivity index (χ3v) is 2.16. The van der Waals surface area contributed by atoms with E-state index >= 15 is 0 Å². The first kappa shape index (κ1) is 11.5. The van der Waals surface area contributed by atoms with Gasteiger partial charge in [0.25, 0.3) is 6.43 Å². The van der Waals surface area contributed by atoms with Gasteiger partial charge in [-0.15, -0.1) is 0 Å². The van der Waals surface area contributed by atoms with E-state index < -0.39 is 17.7 Å². The highest BCUT2D eigenvalue weighted by molar-refractivity contribution is 5.58. The Labute approximate surface area is 94.9 Å². The van der Waals surface area contributed by atoms with Crippen LogP contribution in [0, 0.1) is 0 Å². The summed E-state index contributed by atoms with van der Waals surface area (Å²) >= 11 is 0. The van der Waals surface area contributed by atoms with Crippen LogP contribution in [0.15, 0.2) is 22.7 Å². The van der Waals surface area contributed by atoms with E-state index in [-0.39, 0.29) is 18.3 Å². The van der Waals surface area contributed by atoms with Crippen molar-refractivity contribution in [1.82, 2.24) is 10.1 Å². The SMILES string of the molecule is NCc1nc(-c2ccc(O)c(C(F)F)c2)no1. The molecule has 1 aromatic heterocycles. The Morgan fingerprint density at radius 3 is 2.76 bits per heavy atom. The molecule has 5 nitrogen and oxygen atoms in total. The van der Waals surface area contributed by atoms with Crippen molar-refractivity contribution in [1.29, 1.82) is 0 Å². The molecule has 17 heavy (non-hydrogen) atoms. The minimum absolute atomic E-state index is 0.0762. The first-order chi connectivity index (χ1) is 8.11. The first-order valence-corrected chi connectivity index (χ1v) is 4.76. The van der Waals surface area contributed by atoms with Crippen LogP contribution in [0.5, 0.6) is 5.75 Å². The van der Waals surface area contributed by atoms with Gasteiger partial charge in [0.15, 0.2) is 0 Å². The number of hydrogen-bond acceptors (Lipinski definition) is 5. The van der Waals surface area contributed by atoms with Crippen molar-refractivity contribution in [3.05, 3.63) is 29.7 Å². The summed E-state index contributed by atoms with van der Waals surface area (Å²) in [5.41, 5.74) is 5.15. The van der Waals surface area contributed by atoms with Crippen molar-refractivity contribution in [3.8, 4) is 17.1 Å². The third kappa shape index (κ3) is 2.23. The molecule has 1 heterocycles. The summed E-state index contributed by atoms with van der Waals surface area (Å²) in [5, 5.41) is 12.8. The van der Waals surface area contributed by atoms with Gasteiger partial charge in [-0.3, -0.25) is 0 Å². The second-order valence-electron chi connectivity index (χ2n) is 3.29. The number of hydrogen-bond donors (Lipinski definition) is 2. The molecule has 0 saturated carbocycles. The van der Waals surface area contributed by atoms with Crippen LogP contribution in [-0.4, -0.2) is 15.2 Å². The first-order valence-electron chi connectivity index (χ1n) is 4.76. The van der Waals surface area contributed by atoms with Crippen LogP contribution in [0.1, 0.15) is 17.9 Å². The zero-order chi connectivity index (χ0) is 12.4. The Morgan fingerprint density at radius 2 is 2.18 bits per heavy atom. The Bertz CT molecular complexity index is 528. The lowest BCUT2D eigenvalue weighted by molar-refractivity contribution is 0.147. The molecular weight excluding hydrogens is 232 g/mol. The Hall–Kier alpha value is -2.02. The van der Waals surface area contributed by atoms with Crippen molar-refractivity contribution in [2.24, 2.45) is 5.73 Å². The molecule has 0 atom stereocenters. The van der Waals surface area contributed by atoms with Crippen LogP contribution in [-0.2, 0) is 6.54 Å². The molecule has 0 amide bonds. The van der Waals surface area contributed by atoms with Gasteiger partial charge in [-0.2, -0.15) is 4.98 Å². The van der Waals surface area contributed by atoms with E-state index in [1.807, 2.05) is 0 Å². The summed E-state index contributed by atoms with van der Waals surface area (Å²) in [6.07, 6.45) is -2.77. The second-order valence-corrected chi connectivity index (χ2v) is 3.29. The van der Waals surface area contributed by atoms with Crippen LogP contribution in [0.3, 0.4) is 0 Å². The highest BCUT2D eigenvalue weighted by atomic mass is 19.3. The number of alkyl halides is 2. The van der Waals surface area contributed by atoms with E-state index in [1.165, 1.54) is 6.07 Å². The molecule has 2 rings (SSSR count). The van der Waals surface area contributed by atoms with Crippen LogP contribution in [0.25, 0.3) is 11.4 Å². The number of nitrogens with zero attached hydrogens (tertiary/aromatic N) is 2. The van der Waals surface area contributed by atoms with Gasteiger partial charge < -0.3 is 15.4 Å². The molecule has 0 aliphatic rings. The molecule has 0 aliphatic carbocycles. The highest BCUT2D eigenvalue weighted by Gasteiger charge is 2.16. The molecule has 2 aromatic rings. The molecule has 7 heteroatoms. The monoisotopic (exact) mass is 241 g/mol. The molecular formula is C10H9F2N3O2. The number of phenolic OH excluding ortho intramolecular Hbond substituents is 1. The quantitative estimate of drug-likeness (QED) is 0.856. The number of phenols is 1. The van der Waals surface area contributed by atoms with Gasteiger partial charge in [0.05, 0.1) is 12.1 Å². The fourth-order valence-electron chi connectivity index (χ4n) is 1.32. The smallest absolute Gasteiger partial charge is 0.267 e. The average molecular weight is 241 g/mol. The summed E-state index contributed by atoms with van der Waals surface area (Å²) in [6, 6.07) is 3.70. The molecule has 0 saturated heterocycles. The van der Waals surface area contributed by atoms with Gasteiger partial charge in [0.2, 0.25) is 11.7 Å². The zero-order valence-corrected chi connectivity index (χ0v) is 8.60. The van der Waals surface area contributed by atoms with Gasteiger partial charge >= 0.3 is 0 Å². The predicted octanol–water partition coefficient (Wildman–Crippen LogP) is 1.84. The van der Waals surface area contributed by atoms with Crippen molar-refractivity contribution in [2.75, 3.05) is 0 Å². The minimum atomic E-state index is -2.77. The van der Waals surface area contributed by atoms with Gasteiger partial charge in [0, 0.05) is 5.56 Å². The summed E-state index contributed by atoms with van der Waals surface area (Å²) in [5.74, 6) is -0.0923. The number of aromatic hydroxyl groups is 1. The summed E-state index contributed by atoms with van der Waals surface area (Å²) < 4.78 is 29.9. The molecule has 90 valence electrons. The van der Waals surface area contributed by atoms with E-state index in [0.29, 0.717) is 5.56 Å². The zero-order valence-electron chi connectivity index (χ0n) is 8.60. The Balaban J connectivity index is 2.42. The van der Waals surface area contributed by atoms with Gasteiger partial charge in [-0.05, 0) is 18.2 Å². The lowest BCUT2D eigenvalue weighted by atomic mass is 10.1. The molecule has 0 spiro atoms. The third-order valence-electron chi connectivity index (χ3n) is 2.16. The fourth-order valence-corrected chi connectivity index (χ4v) is 1.32. The Morgan fingerprint density at radius 1 is 1.41 bits per heavy atom. The van der Waals surface area contributed by atoms with E-state index in [4.69, 9.17) is 10.3 Å². The number of rotatable bonds is 3. The summed E-state index contributed by atoms with van der Waals surface area (Å²) in [6.45, 7) is 0.0762. The van der Waals surface area contributed by atoms with Gasteiger partial charge in [-0.1, -0.05) is 5.16 Å². The number of halogens is 2. The second kappa shape index (κ2) is 4.46. The predicted molar refractivity (Wildman–Crippen MR) is 54.2 cm³/mol. The topological polar surface area (TPSA) is 85.2 Å². The van der Waals surface area contributed by atoms with E-state index in [2.05, 4.69) is 10.1 Å². The van der Waals surface area contributed by atoms with Crippen LogP contribution < -0.4 is 5.73 Å². The standard InChI is InChI=1S/C10H9F2N3O2/c11-9(12)6-3-5(1-2-7(6)16)10-14-8(4-13)17-15-10/h1-3,9,16H,4,13H2. The van der Waals surface area contributed by atoms with Crippen molar-refractivity contribution >= 4 is 0 Å². The average Bonchev–Trinajstić information content (AvgIpc) is 2.78. The van der Waals surface area contributed by atoms with Crippen LogP contribution >= 0.6 is 0 Å². The number of aromatic nitrogens is 2. The molecule has 0 aliphatic heterocycles. The maximum atomic E-state index is 12.6. The molecule has 0 fully saturated rings. The van der Waals surface area contributed by atoms with E-state index in [0.717, 1.165) is 12.1 Å². The van der Waals surface area contributed by atoms with Crippen molar-refractivity contribution < 1.29 is 18.4 Å². The molecule has 0 unspecified atom stereocenters. The van der Waals surface area contributed by atoms with Crippen molar-refractivity contribution in [3.63, 3.8) is 0 Å². The molecule has 3 N–H and O–H groups in total. The molecule has 1 aromatic carbocycles. The normalized spacial score (nSPS) is 11.1. The van der Waals surface area contributed by atoms with Gasteiger partial charge in [0.1, 0.15) is 5.75 Å². The summed E-state index contributed by atoms with van der Waals surface area (Å²) in [7, 11) is 0. The maximum Gasteiger partial charge on any atom is 0.267 e. The highest BCUT2D eigenvalue weighted by Crippen LogP contribution is 2.31. The minimum Gasteiger partial charge on any atom is -0.507 e. The molecule has 0 radical (unpaired) electrons. The fraction of sp³-hybridized carbons (Fsp3) is 0.200. The Kier molecular flexibility index (Phi) is 3.01. The lowest BCUT2D eigenvalue weighted by Gasteiger charge is -2.04. The van der Waals surface area contributed by atoms with Gasteiger partial charge in [-0.25, -0.2) is 8.78 Å². The summed E-state index contributed by atoms with van der Waals surface area (Å²) in [4.78, 5) is 3.90.